The minimum absolute atomic E-state index is 0.109. The normalized spacial score (nSPS) is 12.2. The average molecular weight is 513 g/mol. The Morgan fingerprint density at radius 2 is 1.64 bits per heavy atom. The number of thiazole rings is 1. The third-order valence-electron chi connectivity index (χ3n) is 6.28. The second-order valence-electron chi connectivity index (χ2n) is 10.8. The van der Waals surface area contributed by atoms with E-state index in [0.29, 0.717) is 18.5 Å². The maximum atomic E-state index is 11.9. The van der Waals surface area contributed by atoms with E-state index in [0.717, 1.165) is 67.2 Å². The zero-order chi connectivity index (χ0) is 26.3. The Morgan fingerprint density at radius 3 is 2.31 bits per heavy atom. The zero-order valence-corrected chi connectivity index (χ0v) is 22.8. The van der Waals surface area contributed by atoms with Crippen molar-refractivity contribution in [1.29, 1.82) is 0 Å². The maximum Gasteiger partial charge on any atom is 0.305 e. The fourth-order valence-corrected chi connectivity index (χ4v) is 5.32. The molecule has 7 nitrogen and oxygen atoms in total. The van der Waals surface area contributed by atoms with Gasteiger partial charge in [0.15, 0.2) is 0 Å². The van der Waals surface area contributed by atoms with Gasteiger partial charge >= 0.3 is 4.87 Å². The van der Waals surface area contributed by atoms with E-state index >= 15 is 0 Å². The molecule has 0 atom stereocenters. The molecule has 0 aliphatic heterocycles. The van der Waals surface area contributed by atoms with E-state index in [1.165, 1.54) is 11.1 Å². The van der Waals surface area contributed by atoms with Crippen LogP contribution in [0.25, 0.3) is 10.2 Å². The van der Waals surface area contributed by atoms with Crippen molar-refractivity contribution in [3.63, 3.8) is 0 Å². The molecule has 0 spiro atoms. The van der Waals surface area contributed by atoms with Crippen molar-refractivity contribution in [1.82, 2.24) is 14.8 Å². The highest BCUT2D eigenvalue weighted by molar-refractivity contribution is 7.16. The SMILES string of the molecule is Cc1ccc(CCN(CCC(N)=O)CCN(CCc2ccc(O)c3[nH]c(=O)sc23)CC(C)(C)C)cc1. The van der Waals surface area contributed by atoms with E-state index in [-0.39, 0.29) is 21.9 Å². The molecule has 4 N–H and O–H groups in total. The van der Waals surface area contributed by atoms with Crippen molar-refractivity contribution in [2.45, 2.75) is 47.0 Å². The van der Waals surface area contributed by atoms with E-state index in [1.54, 1.807) is 6.07 Å². The minimum atomic E-state index is -0.274. The maximum absolute atomic E-state index is 11.9. The number of benzene rings is 2. The van der Waals surface area contributed by atoms with Crippen molar-refractivity contribution in [3.8, 4) is 5.75 Å². The number of amides is 1. The van der Waals surface area contributed by atoms with Crippen LogP contribution in [0.15, 0.2) is 41.2 Å². The number of aromatic nitrogens is 1. The number of nitrogens with zero attached hydrogens (tertiary/aromatic N) is 2. The Labute approximate surface area is 217 Å². The van der Waals surface area contributed by atoms with Gasteiger partial charge in [-0.15, -0.1) is 0 Å². The summed E-state index contributed by atoms with van der Waals surface area (Å²) < 4.78 is 0.830. The molecule has 36 heavy (non-hydrogen) atoms. The van der Waals surface area contributed by atoms with Crippen LogP contribution < -0.4 is 10.6 Å². The van der Waals surface area contributed by atoms with Crippen LogP contribution in [-0.4, -0.2) is 65.1 Å². The Kier molecular flexibility index (Phi) is 9.70. The highest BCUT2D eigenvalue weighted by Crippen LogP contribution is 2.28. The summed E-state index contributed by atoms with van der Waals surface area (Å²) >= 11 is 1.15. The summed E-state index contributed by atoms with van der Waals surface area (Å²) in [5.74, 6) is -0.166. The molecule has 2 aromatic carbocycles. The Bertz CT molecular complexity index is 1190. The van der Waals surface area contributed by atoms with Gasteiger partial charge in [0.05, 0.1) is 4.70 Å². The van der Waals surface area contributed by atoms with Crippen LogP contribution in [0.4, 0.5) is 0 Å². The lowest BCUT2D eigenvalue weighted by Gasteiger charge is -2.32. The number of nitrogens with one attached hydrogen (secondary N) is 1. The summed E-state index contributed by atoms with van der Waals surface area (Å²) in [4.78, 5) is 30.7. The molecule has 1 amide bonds. The van der Waals surface area contributed by atoms with Gasteiger partial charge in [-0.25, -0.2) is 0 Å². The number of aromatic amines is 1. The molecule has 0 saturated carbocycles. The quantitative estimate of drug-likeness (QED) is 0.322. The lowest BCUT2D eigenvalue weighted by atomic mass is 9.95. The predicted molar refractivity (Wildman–Crippen MR) is 149 cm³/mol. The first-order chi connectivity index (χ1) is 17.0. The Balaban J connectivity index is 1.66. The number of H-pyrrole nitrogens is 1. The first-order valence-electron chi connectivity index (χ1n) is 12.6. The fraction of sp³-hybridized carbons (Fsp3) is 0.500. The van der Waals surface area contributed by atoms with Crippen molar-refractivity contribution >= 4 is 27.5 Å². The van der Waals surface area contributed by atoms with Crippen LogP contribution in [0, 0.1) is 12.3 Å². The molecule has 3 aromatic rings. The Morgan fingerprint density at radius 1 is 0.972 bits per heavy atom. The van der Waals surface area contributed by atoms with Gasteiger partial charge in [-0.3, -0.25) is 9.59 Å². The number of carbonyl (C=O) groups is 1. The standard InChI is InChI=1S/C28H40N4O3S/c1-20-5-7-21(8-6-20)11-14-31(16-13-24(29)34)17-18-32(19-28(2,3)4)15-12-22-9-10-23(33)25-26(22)36-27(35)30-25/h5-10,33H,11-19H2,1-4H3,(H2,29,34)(H,30,35). The molecule has 0 radical (unpaired) electrons. The van der Waals surface area contributed by atoms with Crippen LogP contribution in [0.5, 0.6) is 5.75 Å². The lowest BCUT2D eigenvalue weighted by Crippen LogP contribution is -2.41. The first-order valence-corrected chi connectivity index (χ1v) is 13.4. The number of phenols is 1. The summed E-state index contributed by atoms with van der Waals surface area (Å²) in [5, 5.41) is 10.1. The number of carbonyl (C=O) groups excluding carboxylic acids is 1. The monoisotopic (exact) mass is 512 g/mol. The fourth-order valence-electron chi connectivity index (χ4n) is 4.42. The topological polar surface area (TPSA) is 103 Å². The number of nitrogens with two attached hydrogens (primary N) is 1. The van der Waals surface area contributed by atoms with Crippen molar-refractivity contribution in [3.05, 3.63) is 62.8 Å². The number of rotatable bonds is 13. The molecule has 1 heterocycles. The molecular formula is C28H40N4O3S. The number of hydrogen-bond donors (Lipinski definition) is 3. The van der Waals surface area contributed by atoms with Crippen LogP contribution in [0.1, 0.15) is 43.9 Å². The van der Waals surface area contributed by atoms with E-state index in [2.05, 4.69) is 66.7 Å². The van der Waals surface area contributed by atoms with Gasteiger partial charge in [0.1, 0.15) is 11.3 Å². The summed E-state index contributed by atoms with van der Waals surface area (Å²) in [7, 11) is 0. The number of aromatic hydroxyl groups is 1. The molecule has 1 aromatic heterocycles. The van der Waals surface area contributed by atoms with E-state index in [1.807, 2.05) is 6.07 Å². The van der Waals surface area contributed by atoms with Crippen molar-refractivity contribution in [2.75, 3.05) is 39.3 Å². The molecule has 0 aliphatic carbocycles. The molecule has 196 valence electrons. The number of aryl methyl sites for hydroxylation is 1. The first kappa shape index (κ1) is 27.9. The van der Waals surface area contributed by atoms with E-state index in [9.17, 15) is 14.7 Å². The van der Waals surface area contributed by atoms with Gasteiger partial charge in [0, 0.05) is 45.7 Å². The number of hydrogen-bond acceptors (Lipinski definition) is 6. The highest BCUT2D eigenvalue weighted by atomic mass is 32.1. The molecule has 0 saturated heterocycles. The van der Waals surface area contributed by atoms with Crippen LogP contribution >= 0.6 is 11.3 Å². The molecule has 8 heteroatoms. The number of phenolic OH excluding ortho intramolecular Hbond substituents is 1. The second kappa shape index (κ2) is 12.5. The highest BCUT2D eigenvalue weighted by Gasteiger charge is 2.19. The molecule has 3 rings (SSSR count). The van der Waals surface area contributed by atoms with Gasteiger partial charge in [-0.05, 0) is 42.4 Å². The van der Waals surface area contributed by atoms with Gasteiger partial charge in [-0.2, -0.15) is 0 Å². The summed E-state index contributed by atoms with van der Waals surface area (Å²) in [6.07, 6.45) is 2.06. The number of fused-ring (bicyclic) bond motifs is 1. The number of primary amides is 1. The molecule has 0 bridgehead atoms. The van der Waals surface area contributed by atoms with Gasteiger partial charge in [0.25, 0.3) is 0 Å². The van der Waals surface area contributed by atoms with Crippen LogP contribution in [-0.2, 0) is 17.6 Å². The van der Waals surface area contributed by atoms with Crippen molar-refractivity contribution < 1.29 is 9.90 Å². The minimum Gasteiger partial charge on any atom is -0.506 e. The summed E-state index contributed by atoms with van der Waals surface area (Å²) in [5.41, 5.74) is 9.72. The third kappa shape index (κ3) is 8.76. The van der Waals surface area contributed by atoms with Crippen LogP contribution in [0.2, 0.25) is 0 Å². The molecular weight excluding hydrogens is 472 g/mol. The van der Waals surface area contributed by atoms with Gasteiger partial charge in [-0.1, -0.05) is 68.0 Å². The predicted octanol–water partition coefficient (Wildman–Crippen LogP) is 3.91. The van der Waals surface area contributed by atoms with Gasteiger partial charge < -0.3 is 25.6 Å². The smallest absolute Gasteiger partial charge is 0.305 e. The zero-order valence-electron chi connectivity index (χ0n) is 22.0. The molecule has 0 fully saturated rings. The Hall–Kier alpha value is -2.68. The lowest BCUT2D eigenvalue weighted by molar-refractivity contribution is -0.118. The summed E-state index contributed by atoms with van der Waals surface area (Å²) in [6, 6.07) is 12.2. The third-order valence-corrected chi connectivity index (χ3v) is 7.24. The van der Waals surface area contributed by atoms with Gasteiger partial charge in [0.2, 0.25) is 5.91 Å². The average Bonchev–Trinajstić information content (AvgIpc) is 3.20. The summed E-state index contributed by atoms with van der Waals surface area (Å²) in [6.45, 7) is 13.8. The second-order valence-corrected chi connectivity index (χ2v) is 11.8. The van der Waals surface area contributed by atoms with Crippen molar-refractivity contribution in [2.24, 2.45) is 11.1 Å². The van der Waals surface area contributed by atoms with Crippen LogP contribution in [0.3, 0.4) is 0 Å². The molecule has 0 aliphatic rings. The van der Waals surface area contributed by atoms with E-state index in [4.69, 9.17) is 5.73 Å². The van der Waals surface area contributed by atoms with E-state index < -0.39 is 0 Å². The molecule has 0 unspecified atom stereocenters. The largest absolute Gasteiger partial charge is 0.506 e.